The molecular formula is C14H22O2. The maximum Gasteiger partial charge on any atom is 0.119 e. The monoisotopic (exact) mass is 222 g/mol. The van der Waals surface area contributed by atoms with E-state index in [0.29, 0.717) is 5.92 Å². The number of benzene rings is 1. The molecule has 0 radical (unpaired) electrons. The lowest BCUT2D eigenvalue weighted by molar-refractivity contribution is 0.112. The SMILES string of the molecule is CCC(CCCOc1ccccc1)C(C)O. The Labute approximate surface area is 98.3 Å². The van der Waals surface area contributed by atoms with Gasteiger partial charge in [-0.25, -0.2) is 0 Å². The average molecular weight is 222 g/mol. The van der Waals surface area contributed by atoms with E-state index in [0.717, 1.165) is 31.6 Å². The van der Waals surface area contributed by atoms with Crippen LogP contribution in [0.3, 0.4) is 0 Å². The fourth-order valence-electron chi connectivity index (χ4n) is 1.84. The van der Waals surface area contributed by atoms with Crippen LogP contribution in [-0.4, -0.2) is 17.8 Å². The van der Waals surface area contributed by atoms with Crippen LogP contribution in [0.15, 0.2) is 30.3 Å². The lowest BCUT2D eigenvalue weighted by Crippen LogP contribution is -2.16. The fourth-order valence-corrected chi connectivity index (χ4v) is 1.84. The molecule has 2 heteroatoms. The Morgan fingerprint density at radius 1 is 1.25 bits per heavy atom. The molecule has 0 aliphatic heterocycles. The van der Waals surface area contributed by atoms with E-state index in [2.05, 4.69) is 6.92 Å². The Morgan fingerprint density at radius 2 is 1.94 bits per heavy atom. The van der Waals surface area contributed by atoms with Gasteiger partial charge in [0.1, 0.15) is 5.75 Å². The number of para-hydroxylation sites is 1. The molecular weight excluding hydrogens is 200 g/mol. The molecule has 16 heavy (non-hydrogen) atoms. The van der Waals surface area contributed by atoms with E-state index in [1.54, 1.807) is 0 Å². The molecule has 90 valence electrons. The van der Waals surface area contributed by atoms with Gasteiger partial charge < -0.3 is 9.84 Å². The first-order chi connectivity index (χ1) is 7.74. The lowest BCUT2D eigenvalue weighted by Gasteiger charge is -2.17. The summed E-state index contributed by atoms with van der Waals surface area (Å²) in [5.74, 6) is 1.33. The van der Waals surface area contributed by atoms with Crippen molar-refractivity contribution in [2.75, 3.05) is 6.61 Å². The second kappa shape index (κ2) is 7.29. The normalized spacial score (nSPS) is 14.4. The minimum atomic E-state index is -0.207. The van der Waals surface area contributed by atoms with Gasteiger partial charge in [-0.3, -0.25) is 0 Å². The number of hydrogen-bond donors (Lipinski definition) is 1. The van der Waals surface area contributed by atoms with Crippen LogP contribution in [0.25, 0.3) is 0 Å². The molecule has 1 aromatic carbocycles. The summed E-state index contributed by atoms with van der Waals surface area (Å²) in [6.07, 6.45) is 2.85. The van der Waals surface area contributed by atoms with E-state index in [-0.39, 0.29) is 6.10 Å². The van der Waals surface area contributed by atoms with Crippen molar-refractivity contribution in [2.45, 2.75) is 39.2 Å². The fraction of sp³-hybridized carbons (Fsp3) is 0.571. The van der Waals surface area contributed by atoms with Crippen LogP contribution in [0, 0.1) is 5.92 Å². The molecule has 2 nitrogen and oxygen atoms in total. The van der Waals surface area contributed by atoms with Crippen molar-refractivity contribution in [1.29, 1.82) is 0 Å². The molecule has 0 aromatic heterocycles. The van der Waals surface area contributed by atoms with Gasteiger partial charge in [-0.1, -0.05) is 31.5 Å². The zero-order valence-corrected chi connectivity index (χ0v) is 10.2. The van der Waals surface area contributed by atoms with Crippen molar-refractivity contribution in [2.24, 2.45) is 5.92 Å². The molecule has 0 bridgehead atoms. The van der Waals surface area contributed by atoms with Gasteiger partial charge in [0.15, 0.2) is 0 Å². The second-order valence-electron chi connectivity index (χ2n) is 4.21. The van der Waals surface area contributed by atoms with E-state index in [1.807, 2.05) is 37.3 Å². The molecule has 0 aliphatic carbocycles. The average Bonchev–Trinajstić information content (AvgIpc) is 2.30. The van der Waals surface area contributed by atoms with Gasteiger partial charge in [-0.05, 0) is 37.8 Å². The van der Waals surface area contributed by atoms with Crippen molar-refractivity contribution in [1.82, 2.24) is 0 Å². The molecule has 0 saturated heterocycles. The van der Waals surface area contributed by atoms with Crippen molar-refractivity contribution in [3.63, 3.8) is 0 Å². The van der Waals surface area contributed by atoms with Crippen molar-refractivity contribution < 1.29 is 9.84 Å². The molecule has 1 N–H and O–H groups in total. The summed E-state index contributed by atoms with van der Waals surface area (Å²) in [5.41, 5.74) is 0. The molecule has 1 aromatic rings. The minimum absolute atomic E-state index is 0.207. The molecule has 0 amide bonds. The van der Waals surface area contributed by atoms with Gasteiger partial charge in [-0.2, -0.15) is 0 Å². The third kappa shape index (κ3) is 4.67. The van der Waals surface area contributed by atoms with E-state index < -0.39 is 0 Å². The third-order valence-electron chi connectivity index (χ3n) is 2.94. The number of aliphatic hydroxyl groups excluding tert-OH is 1. The summed E-state index contributed by atoms with van der Waals surface area (Å²) in [6, 6.07) is 9.85. The molecule has 0 aliphatic rings. The van der Waals surface area contributed by atoms with Crippen molar-refractivity contribution >= 4 is 0 Å². The zero-order valence-electron chi connectivity index (χ0n) is 10.2. The first kappa shape index (κ1) is 13.0. The summed E-state index contributed by atoms with van der Waals surface area (Å²) >= 11 is 0. The third-order valence-corrected chi connectivity index (χ3v) is 2.94. The number of ether oxygens (including phenoxy) is 1. The van der Waals surface area contributed by atoms with Crippen molar-refractivity contribution in [3.8, 4) is 5.75 Å². The van der Waals surface area contributed by atoms with E-state index in [4.69, 9.17) is 4.74 Å². The smallest absolute Gasteiger partial charge is 0.119 e. The van der Waals surface area contributed by atoms with Crippen LogP contribution >= 0.6 is 0 Å². The molecule has 0 saturated carbocycles. The molecule has 2 atom stereocenters. The Morgan fingerprint density at radius 3 is 2.50 bits per heavy atom. The Bertz CT molecular complexity index is 269. The van der Waals surface area contributed by atoms with E-state index in [9.17, 15) is 5.11 Å². The number of hydrogen-bond acceptors (Lipinski definition) is 2. The van der Waals surface area contributed by atoms with Gasteiger partial charge in [0.25, 0.3) is 0 Å². The Hall–Kier alpha value is -1.02. The van der Waals surface area contributed by atoms with Gasteiger partial charge in [0.2, 0.25) is 0 Å². The van der Waals surface area contributed by atoms with E-state index in [1.165, 1.54) is 0 Å². The number of aliphatic hydroxyl groups is 1. The first-order valence-electron chi connectivity index (χ1n) is 6.10. The highest BCUT2D eigenvalue weighted by Gasteiger charge is 2.11. The molecule has 0 fully saturated rings. The summed E-state index contributed by atoms with van der Waals surface area (Å²) in [6.45, 7) is 4.72. The molecule has 0 spiro atoms. The quantitative estimate of drug-likeness (QED) is 0.718. The Kier molecular flexibility index (Phi) is 5.94. The summed E-state index contributed by atoms with van der Waals surface area (Å²) < 4.78 is 5.60. The zero-order chi connectivity index (χ0) is 11.8. The minimum Gasteiger partial charge on any atom is -0.494 e. The van der Waals surface area contributed by atoms with Crippen LogP contribution in [-0.2, 0) is 0 Å². The van der Waals surface area contributed by atoms with Gasteiger partial charge in [0.05, 0.1) is 12.7 Å². The second-order valence-corrected chi connectivity index (χ2v) is 4.21. The highest BCUT2D eigenvalue weighted by molar-refractivity contribution is 5.20. The van der Waals surface area contributed by atoms with Gasteiger partial charge >= 0.3 is 0 Å². The van der Waals surface area contributed by atoms with Crippen LogP contribution in [0.4, 0.5) is 0 Å². The predicted octanol–water partition coefficient (Wildman–Crippen LogP) is 3.25. The highest BCUT2D eigenvalue weighted by Crippen LogP contribution is 2.16. The molecule has 0 heterocycles. The van der Waals surface area contributed by atoms with Gasteiger partial charge in [0, 0.05) is 0 Å². The van der Waals surface area contributed by atoms with E-state index >= 15 is 0 Å². The van der Waals surface area contributed by atoms with Crippen molar-refractivity contribution in [3.05, 3.63) is 30.3 Å². The summed E-state index contributed by atoms with van der Waals surface area (Å²) in [5, 5.41) is 9.49. The van der Waals surface area contributed by atoms with Crippen LogP contribution < -0.4 is 4.74 Å². The first-order valence-corrected chi connectivity index (χ1v) is 6.10. The topological polar surface area (TPSA) is 29.5 Å². The van der Waals surface area contributed by atoms with Crippen LogP contribution in [0.1, 0.15) is 33.1 Å². The number of rotatable bonds is 7. The van der Waals surface area contributed by atoms with Gasteiger partial charge in [-0.15, -0.1) is 0 Å². The maximum atomic E-state index is 9.49. The maximum absolute atomic E-state index is 9.49. The summed E-state index contributed by atoms with van der Waals surface area (Å²) in [7, 11) is 0. The summed E-state index contributed by atoms with van der Waals surface area (Å²) in [4.78, 5) is 0. The lowest BCUT2D eigenvalue weighted by atomic mass is 9.95. The Balaban J connectivity index is 2.16. The molecule has 1 rings (SSSR count). The predicted molar refractivity (Wildman–Crippen MR) is 66.6 cm³/mol. The van der Waals surface area contributed by atoms with Crippen LogP contribution in [0.5, 0.6) is 5.75 Å². The largest absolute Gasteiger partial charge is 0.494 e. The van der Waals surface area contributed by atoms with Crippen LogP contribution in [0.2, 0.25) is 0 Å². The standard InChI is InChI=1S/C14H22O2/c1-3-13(12(2)15)8-7-11-16-14-9-5-4-6-10-14/h4-6,9-10,12-13,15H,3,7-8,11H2,1-2H3. The molecule has 2 unspecified atom stereocenters. The highest BCUT2D eigenvalue weighted by atomic mass is 16.5.